The van der Waals surface area contributed by atoms with E-state index in [0.29, 0.717) is 35.6 Å². The summed E-state index contributed by atoms with van der Waals surface area (Å²) in [5.41, 5.74) is 9.64. The zero-order valence-corrected chi connectivity index (χ0v) is 24.1. The molecule has 2 heterocycles. The summed E-state index contributed by atoms with van der Waals surface area (Å²) in [7, 11) is 0. The second-order valence-corrected chi connectivity index (χ2v) is 10.2. The Morgan fingerprint density at radius 3 is 2.30 bits per heavy atom. The normalized spacial score (nSPS) is 17.9. The van der Waals surface area contributed by atoms with E-state index in [4.69, 9.17) is 16.2 Å². The Kier molecular flexibility index (Phi) is 10.6. The van der Waals surface area contributed by atoms with Crippen molar-refractivity contribution in [3.8, 4) is 0 Å². The third kappa shape index (κ3) is 8.33. The first-order chi connectivity index (χ1) is 20.1. The highest BCUT2D eigenvalue weighted by atomic mass is 19.4. The van der Waals surface area contributed by atoms with Crippen LogP contribution in [0.5, 0.6) is 0 Å². The molecular formula is C27H34F6N8O2. The van der Waals surface area contributed by atoms with Gasteiger partial charge in [0.05, 0.1) is 41.2 Å². The smallest absolute Gasteiger partial charge is 0.416 e. The molecule has 10 nitrogen and oxygen atoms in total. The number of pyridine rings is 1. The fraction of sp³-hybridized carbons (Fsp3) is 0.519. The van der Waals surface area contributed by atoms with Gasteiger partial charge in [-0.1, -0.05) is 12.0 Å². The number of carbonyl (C=O) groups excluding carboxylic acids is 1. The van der Waals surface area contributed by atoms with Crippen molar-refractivity contribution in [1.29, 1.82) is 0 Å². The molecule has 0 saturated heterocycles. The average Bonchev–Trinajstić information content (AvgIpc) is 2.91. The number of halogens is 6. The maximum atomic E-state index is 13.6. The number of rotatable bonds is 8. The number of ether oxygens (including phenoxy) is 1. The summed E-state index contributed by atoms with van der Waals surface area (Å²) in [5.74, 6) is -0.334. The lowest BCUT2D eigenvalue weighted by Gasteiger charge is -2.43. The van der Waals surface area contributed by atoms with Crippen molar-refractivity contribution < 1.29 is 35.9 Å². The maximum absolute atomic E-state index is 13.6. The van der Waals surface area contributed by atoms with Gasteiger partial charge >= 0.3 is 18.4 Å². The van der Waals surface area contributed by atoms with Crippen molar-refractivity contribution in [2.45, 2.75) is 77.6 Å². The van der Waals surface area contributed by atoms with Gasteiger partial charge in [-0.15, -0.1) is 0 Å². The van der Waals surface area contributed by atoms with Crippen LogP contribution in [0.25, 0.3) is 0 Å². The zero-order valence-electron chi connectivity index (χ0n) is 24.1. The van der Waals surface area contributed by atoms with Crippen LogP contribution in [0.3, 0.4) is 0 Å². The van der Waals surface area contributed by atoms with Gasteiger partial charge in [-0.05, 0) is 74.7 Å². The number of alkyl halides is 6. The van der Waals surface area contributed by atoms with Crippen molar-refractivity contribution >= 4 is 17.7 Å². The molecule has 0 saturated carbocycles. The molecule has 0 fully saturated rings. The highest BCUT2D eigenvalue weighted by Gasteiger charge is 2.42. The average molecular weight is 617 g/mol. The number of nitrogens with zero attached hydrogens (tertiary/aromatic N) is 6. The predicted molar refractivity (Wildman–Crippen MR) is 147 cm³/mol. The molecule has 0 aliphatic carbocycles. The van der Waals surface area contributed by atoms with Gasteiger partial charge in [-0.2, -0.15) is 31.5 Å². The van der Waals surface area contributed by atoms with E-state index in [1.54, 1.807) is 32.9 Å². The quantitative estimate of drug-likeness (QED) is 0.120. The first-order valence-electron chi connectivity index (χ1n) is 13.5. The molecule has 0 bridgehead atoms. The van der Waals surface area contributed by atoms with Crippen molar-refractivity contribution in [1.82, 2.24) is 9.88 Å². The summed E-state index contributed by atoms with van der Waals surface area (Å²) in [6.45, 7) is 6.66. The molecule has 1 aromatic carbocycles. The van der Waals surface area contributed by atoms with Gasteiger partial charge in [0.1, 0.15) is 0 Å². The molecular weight excluding hydrogens is 582 g/mol. The Hall–Kier alpha value is -3.95. The molecule has 0 radical (unpaired) electrons. The van der Waals surface area contributed by atoms with E-state index >= 15 is 0 Å². The van der Waals surface area contributed by atoms with Gasteiger partial charge in [0.2, 0.25) is 5.96 Å². The molecule has 236 valence electrons. The van der Waals surface area contributed by atoms with Gasteiger partial charge in [0.15, 0.2) is 0 Å². The van der Waals surface area contributed by atoms with E-state index < -0.39 is 54.3 Å². The Labute approximate surface area is 244 Å². The van der Waals surface area contributed by atoms with Crippen LogP contribution < -0.4 is 16.4 Å². The highest BCUT2D eigenvalue weighted by molar-refractivity contribution is 5.90. The van der Waals surface area contributed by atoms with E-state index in [-0.39, 0.29) is 37.1 Å². The third-order valence-corrected chi connectivity index (χ3v) is 6.59. The maximum Gasteiger partial charge on any atom is 0.416 e. The Morgan fingerprint density at radius 1 is 1.14 bits per heavy atom. The van der Waals surface area contributed by atoms with Crippen LogP contribution in [-0.2, 0) is 23.6 Å². The van der Waals surface area contributed by atoms with E-state index in [9.17, 15) is 31.1 Å². The number of anilines is 1. The molecule has 43 heavy (non-hydrogen) atoms. The van der Waals surface area contributed by atoms with Crippen LogP contribution in [0.1, 0.15) is 67.7 Å². The Bertz CT molecular complexity index is 1310. The summed E-state index contributed by atoms with van der Waals surface area (Å²) >= 11 is 0. The molecule has 0 spiro atoms. The summed E-state index contributed by atoms with van der Waals surface area (Å²) in [4.78, 5) is 20.5. The van der Waals surface area contributed by atoms with Crippen LogP contribution >= 0.6 is 0 Å². The van der Waals surface area contributed by atoms with E-state index in [2.05, 4.69) is 20.4 Å². The fourth-order valence-corrected chi connectivity index (χ4v) is 4.72. The number of fused-ring (bicyclic) bond motifs is 1. The summed E-state index contributed by atoms with van der Waals surface area (Å²) in [6.07, 6.45) is -10.6. The standard InChI is InChI=1S/C27H34F6N8O2/c1-5-20-13-22(23-21(7-6-16(4)37-23)41(20)25(42)43-15(2)3)40(24(35)38-39-36-9-8-34)14-17-10-18(26(28,29)30)12-19(11-17)27(31,32)33/h6-7,10-12,15,20,22H,5,8-9,13-14,34H2,1-4H3,(H2,35,36,38). The zero-order chi connectivity index (χ0) is 32.1. The van der Waals surface area contributed by atoms with Gasteiger partial charge in [-0.25, -0.2) is 4.79 Å². The van der Waals surface area contributed by atoms with Crippen molar-refractivity contribution in [2.75, 3.05) is 18.0 Å². The summed E-state index contributed by atoms with van der Waals surface area (Å²) in [6, 6.07) is 3.32. The summed E-state index contributed by atoms with van der Waals surface area (Å²) < 4.78 is 87.3. The predicted octanol–water partition coefficient (Wildman–Crippen LogP) is 6.15. The molecule has 2 unspecified atom stereocenters. The van der Waals surface area contributed by atoms with Gasteiger partial charge in [-0.3, -0.25) is 9.88 Å². The first-order valence-corrected chi connectivity index (χ1v) is 13.5. The minimum atomic E-state index is -5.04. The topological polar surface area (TPSA) is 135 Å². The van der Waals surface area contributed by atoms with E-state index in [0.717, 1.165) is 0 Å². The number of guanidine groups is 1. The van der Waals surface area contributed by atoms with Gasteiger partial charge in [0, 0.05) is 24.8 Å². The third-order valence-electron chi connectivity index (χ3n) is 6.59. The molecule has 1 aliphatic heterocycles. The molecule has 4 N–H and O–H groups in total. The van der Waals surface area contributed by atoms with Crippen LogP contribution in [0.15, 0.2) is 45.8 Å². The Balaban J connectivity index is 2.21. The number of hydrogen-bond acceptors (Lipinski definition) is 6. The number of carbonyl (C=O) groups is 1. The van der Waals surface area contributed by atoms with Gasteiger partial charge < -0.3 is 21.1 Å². The van der Waals surface area contributed by atoms with Crippen LogP contribution in [0.2, 0.25) is 0 Å². The lowest BCUT2D eigenvalue weighted by atomic mass is 9.91. The largest absolute Gasteiger partial charge is 0.446 e. The van der Waals surface area contributed by atoms with Crippen LogP contribution in [0, 0.1) is 6.92 Å². The Morgan fingerprint density at radius 2 is 1.77 bits per heavy atom. The molecule has 16 heteroatoms. The minimum Gasteiger partial charge on any atom is -0.446 e. The number of aryl methyl sites for hydroxylation is 1. The molecule has 1 amide bonds. The monoisotopic (exact) mass is 616 g/mol. The number of nitrogens with two attached hydrogens (primary N) is 2. The number of aromatic nitrogens is 1. The second-order valence-electron chi connectivity index (χ2n) is 10.2. The fourth-order valence-electron chi connectivity index (χ4n) is 4.72. The number of amides is 1. The molecule has 2 atom stereocenters. The minimum absolute atomic E-state index is 0.0540. The van der Waals surface area contributed by atoms with Crippen LogP contribution in [-0.4, -0.2) is 47.2 Å². The molecule has 1 aliphatic rings. The number of hydrogen-bond donors (Lipinski definition) is 2. The lowest BCUT2D eigenvalue weighted by Crippen LogP contribution is -2.50. The second kappa shape index (κ2) is 13.6. The first kappa shape index (κ1) is 33.6. The van der Waals surface area contributed by atoms with Gasteiger partial charge in [0.25, 0.3) is 0 Å². The number of benzene rings is 1. The van der Waals surface area contributed by atoms with Crippen LogP contribution in [0.4, 0.5) is 36.8 Å². The van der Waals surface area contributed by atoms with Crippen molar-refractivity contribution in [2.24, 2.45) is 26.9 Å². The van der Waals surface area contributed by atoms with E-state index in [1.807, 2.05) is 6.92 Å². The molecule has 2 aromatic rings. The highest BCUT2D eigenvalue weighted by Crippen LogP contribution is 2.42. The van der Waals surface area contributed by atoms with Crippen molar-refractivity contribution in [3.63, 3.8) is 0 Å². The summed E-state index contributed by atoms with van der Waals surface area (Å²) in [5, 5.41) is 11.2. The molecule has 1 aromatic heterocycles. The SMILES string of the molecule is CCC1CC(N(Cc2cc(C(F)(F)F)cc(C(F)(F)F)c2)/C(N)=N/N=NCCN)c2nc(C)ccc2N1C(=O)OC(C)C. The lowest BCUT2D eigenvalue weighted by molar-refractivity contribution is -0.143. The molecule has 3 rings (SSSR count). The van der Waals surface area contributed by atoms with E-state index in [1.165, 1.54) is 9.80 Å². The van der Waals surface area contributed by atoms with Crippen molar-refractivity contribution in [3.05, 3.63) is 58.4 Å².